The topological polar surface area (TPSA) is 62.8 Å². The van der Waals surface area contributed by atoms with Gasteiger partial charge in [0.25, 0.3) is 0 Å². The summed E-state index contributed by atoms with van der Waals surface area (Å²) >= 11 is 0. The van der Waals surface area contributed by atoms with E-state index < -0.39 is 0 Å². The molecule has 7 atom stereocenters. The lowest BCUT2D eigenvalue weighted by atomic mass is 9.78. The Balaban J connectivity index is 0.892. The lowest BCUT2D eigenvalue weighted by Crippen LogP contribution is -2.74. The van der Waals surface area contributed by atoms with E-state index in [0.717, 1.165) is 78.3 Å². The van der Waals surface area contributed by atoms with Crippen molar-refractivity contribution < 1.29 is 14.3 Å². The van der Waals surface area contributed by atoms with Crippen LogP contribution in [0.5, 0.6) is 0 Å². The van der Waals surface area contributed by atoms with Crippen molar-refractivity contribution in [2.45, 2.75) is 101 Å². The summed E-state index contributed by atoms with van der Waals surface area (Å²) in [6.45, 7) is 15.3. The number of amides is 2. The number of piperazine rings is 2. The first-order chi connectivity index (χ1) is 18.8. The summed E-state index contributed by atoms with van der Waals surface area (Å²) in [6.07, 6.45) is 5.53. The Hall–Kier alpha value is -1.26. The predicted molar refractivity (Wildman–Crippen MR) is 149 cm³/mol. The molecule has 0 aromatic rings. The molecule has 9 nitrogen and oxygen atoms in total. The molecule has 0 aliphatic carbocycles. The van der Waals surface area contributed by atoms with E-state index in [1.807, 2.05) is 0 Å². The van der Waals surface area contributed by atoms with Gasteiger partial charge in [-0.3, -0.25) is 24.3 Å². The van der Waals surface area contributed by atoms with Gasteiger partial charge in [-0.2, -0.15) is 0 Å². The lowest BCUT2D eigenvalue weighted by Gasteiger charge is -2.61. The number of rotatable bonds is 7. The van der Waals surface area contributed by atoms with Crippen LogP contribution in [0.2, 0.25) is 0 Å². The van der Waals surface area contributed by atoms with Crippen molar-refractivity contribution >= 4 is 11.8 Å². The van der Waals surface area contributed by atoms with Gasteiger partial charge in [0.2, 0.25) is 11.8 Å². The number of hydrogen-bond acceptors (Lipinski definition) is 7. The number of carbonyl (C=O) groups excluding carboxylic acids is 2. The summed E-state index contributed by atoms with van der Waals surface area (Å²) in [5, 5.41) is 0. The first-order valence-electron chi connectivity index (χ1n) is 15.9. The minimum absolute atomic E-state index is 0.152. The second-order valence-electron chi connectivity index (χ2n) is 14.3. The molecule has 9 fully saturated rings. The molecule has 4 bridgehead atoms. The average molecular weight is 543 g/mol. The van der Waals surface area contributed by atoms with Crippen LogP contribution in [0.15, 0.2) is 0 Å². The molecule has 218 valence electrons. The third kappa shape index (κ3) is 4.55. The number of fused-ring (bicyclic) bond motifs is 4. The van der Waals surface area contributed by atoms with E-state index >= 15 is 0 Å². The largest absolute Gasteiger partial charge is 0.378 e. The van der Waals surface area contributed by atoms with Crippen molar-refractivity contribution in [3.05, 3.63) is 0 Å². The van der Waals surface area contributed by atoms with Crippen LogP contribution in [0.1, 0.15) is 52.9 Å². The number of carbonyl (C=O) groups is 2. The van der Waals surface area contributed by atoms with Crippen molar-refractivity contribution in [2.75, 3.05) is 66.1 Å². The van der Waals surface area contributed by atoms with Crippen molar-refractivity contribution in [3.8, 4) is 0 Å². The number of likely N-dealkylation sites (tertiary alicyclic amines) is 2. The molecule has 9 rings (SSSR count). The summed E-state index contributed by atoms with van der Waals surface area (Å²) in [5.74, 6) is 1.16. The molecule has 0 aromatic heterocycles. The fraction of sp³-hybridized carbons (Fsp3) is 0.933. The van der Waals surface area contributed by atoms with E-state index in [1.165, 1.54) is 12.8 Å². The quantitative estimate of drug-likeness (QED) is 0.471. The number of hydrogen-bond donors (Lipinski definition) is 0. The van der Waals surface area contributed by atoms with Gasteiger partial charge in [-0.1, -0.05) is 0 Å². The van der Waals surface area contributed by atoms with E-state index in [2.05, 4.69) is 57.2 Å². The van der Waals surface area contributed by atoms with Gasteiger partial charge in [-0.25, -0.2) is 0 Å². The molecule has 0 saturated carbocycles. The minimum atomic E-state index is 0.152. The zero-order valence-corrected chi connectivity index (χ0v) is 24.6. The molecule has 0 radical (unpaired) electrons. The molecular weight excluding hydrogens is 492 g/mol. The Labute approximate surface area is 234 Å². The van der Waals surface area contributed by atoms with Gasteiger partial charge in [-0.05, 0) is 73.0 Å². The van der Waals surface area contributed by atoms with Crippen LogP contribution in [0.25, 0.3) is 0 Å². The highest BCUT2D eigenvalue weighted by Gasteiger charge is 2.53. The average Bonchev–Trinajstić information content (AvgIpc) is 2.88. The molecule has 9 saturated heterocycles. The van der Waals surface area contributed by atoms with Crippen molar-refractivity contribution in [1.82, 2.24) is 29.4 Å². The predicted octanol–water partition coefficient (Wildman–Crippen LogP) is 0.785. The summed E-state index contributed by atoms with van der Waals surface area (Å²) in [4.78, 5) is 41.6. The molecule has 0 aromatic carbocycles. The first-order valence-corrected chi connectivity index (χ1v) is 15.9. The van der Waals surface area contributed by atoms with Crippen LogP contribution in [-0.4, -0.2) is 156 Å². The summed E-state index contributed by atoms with van der Waals surface area (Å²) in [6, 6.07) is 4.08. The highest BCUT2D eigenvalue weighted by atomic mass is 16.5. The van der Waals surface area contributed by atoms with E-state index in [9.17, 15) is 9.59 Å². The molecule has 0 spiro atoms. The fourth-order valence-electron chi connectivity index (χ4n) is 9.43. The van der Waals surface area contributed by atoms with E-state index in [1.54, 1.807) is 0 Å². The second-order valence-corrected chi connectivity index (χ2v) is 14.3. The van der Waals surface area contributed by atoms with Crippen LogP contribution in [0, 0.1) is 11.8 Å². The summed E-state index contributed by atoms with van der Waals surface area (Å²) in [5.41, 5.74) is 0. The van der Waals surface area contributed by atoms with Gasteiger partial charge in [-0.15, -0.1) is 0 Å². The van der Waals surface area contributed by atoms with E-state index in [0.29, 0.717) is 60.1 Å². The van der Waals surface area contributed by atoms with Gasteiger partial charge in [0.05, 0.1) is 25.2 Å². The Bertz CT molecular complexity index is 927. The van der Waals surface area contributed by atoms with Gasteiger partial charge < -0.3 is 19.4 Å². The van der Waals surface area contributed by atoms with Crippen LogP contribution in [0.3, 0.4) is 0 Å². The van der Waals surface area contributed by atoms with Crippen LogP contribution in [0.4, 0.5) is 0 Å². The molecule has 9 heterocycles. The fourth-order valence-corrected chi connectivity index (χ4v) is 9.43. The zero-order chi connectivity index (χ0) is 27.0. The maximum atomic E-state index is 13.6. The molecule has 9 aliphatic heterocycles. The summed E-state index contributed by atoms with van der Waals surface area (Å²) in [7, 11) is 2.19. The van der Waals surface area contributed by atoms with Gasteiger partial charge in [0, 0.05) is 80.9 Å². The second kappa shape index (κ2) is 10.2. The third-order valence-corrected chi connectivity index (χ3v) is 11.7. The molecule has 2 amide bonds. The Morgan fingerprint density at radius 3 is 1.85 bits per heavy atom. The minimum Gasteiger partial charge on any atom is -0.378 e. The maximum Gasteiger partial charge on any atom is 0.228 e. The van der Waals surface area contributed by atoms with Crippen molar-refractivity contribution in [2.24, 2.45) is 11.8 Å². The van der Waals surface area contributed by atoms with Gasteiger partial charge >= 0.3 is 0 Å². The van der Waals surface area contributed by atoms with E-state index in [-0.39, 0.29) is 11.8 Å². The third-order valence-electron chi connectivity index (χ3n) is 11.7. The highest BCUT2D eigenvalue weighted by molar-refractivity contribution is 5.81. The number of ether oxygens (including phenoxy) is 1. The molecule has 0 N–H and O–H groups in total. The number of piperidine rings is 3. The van der Waals surface area contributed by atoms with Crippen LogP contribution >= 0.6 is 0 Å². The highest BCUT2D eigenvalue weighted by Crippen LogP contribution is 2.40. The lowest BCUT2D eigenvalue weighted by molar-refractivity contribution is -0.163. The first kappa shape index (κ1) is 26.6. The molecule has 39 heavy (non-hydrogen) atoms. The van der Waals surface area contributed by atoms with Crippen molar-refractivity contribution in [1.29, 1.82) is 0 Å². The Morgan fingerprint density at radius 2 is 1.33 bits per heavy atom. The zero-order valence-electron chi connectivity index (χ0n) is 24.6. The van der Waals surface area contributed by atoms with E-state index in [4.69, 9.17) is 4.74 Å². The van der Waals surface area contributed by atoms with Crippen molar-refractivity contribution in [3.63, 3.8) is 0 Å². The molecule has 7 unspecified atom stereocenters. The Morgan fingerprint density at radius 1 is 0.769 bits per heavy atom. The SMILES string of the molecule is CC(C)N1C2CC1CN(C(=O)C1CN(C)C1CC(C)N1C3CC1CN(C(=O)C1CCN(C4COC4)CC1)C3)C2. The maximum absolute atomic E-state index is 13.6. The molecular formula is C30H50N6O3. The Kier molecular flexibility index (Phi) is 6.98. The smallest absolute Gasteiger partial charge is 0.228 e. The van der Waals surface area contributed by atoms with Gasteiger partial charge in [0.15, 0.2) is 0 Å². The molecule has 9 heteroatoms. The molecule has 9 aliphatic rings. The normalized spacial score (nSPS) is 39.1. The van der Waals surface area contributed by atoms with Gasteiger partial charge in [0.1, 0.15) is 0 Å². The standard InChI is InChI=1S/C30H50N6O3/c1-19(2)35-22-10-23(35)13-34(12-22)30(38)27-16-31(4)28(27)9-20(3)36-24-11-25(36)15-33(14-24)29(37)21-5-7-32(8-6-21)26-17-39-18-26/h19-28H,5-18H2,1-4H3. The van der Waals surface area contributed by atoms with Crippen LogP contribution in [-0.2, 0) is 14.3 Å². The van der Waals surface area contributed by atoms with Crippen LogP contribution < -0.4 is 0 Å². The number of nitrogens with zero attached hydrogens (tertiary/aromatic N) is 6. The monoisotopic (exact) mass is 542 g/mol. The summed E-state index contributed by atoms with van der Waals surface area (Å²) < 4.78 is 5.36.